The van der Waals surface area contributed by atoms with Crippen LogP contribution in [0.3, 0.4) is 0 Å². The molecule has 134 valence electrons. The van der Waals surface area contributed by atoms with Crippen molar-refractivity contribution in [1.82, 2.24) is 4.90 Å². The fourth-order valence-corrected chi connectivity index (χ4v) is 3.30. The summed E-state index contributed by atoms with van der Waals surface area (Å²) in [5, 5.41) is 19.4. The Morgan fingerprint density at radius 2 is 1.00 bits per heavy atom. The van der Waals surface area contributed by atoms with Gasteiger partial charge < -0.3 is 10.2 Å². The molecule has 0 heterocycles. The number of nitrogens with zero attached hydrogens (tertiary/aromatic N) is 1. The fraction of sp³-hybridized carbons (Fsp3) is 1.00. The lowest BCUT2D eigenvalue weighted by atomic mass is 10.0. The molecule has 0 rings (SSSR count). The van der Waals surface area contributed by atoms with Gasteiger partial charge >= 0.3 is 0 Å². The molecule has 0 amide bonds. The van der Waals surface area contributed by atoms with Crippen LogP contribution in [0.5, 0.6) is 0 Å². The second kappa shape index (κ2) is 14.5. The van der Waals surface area contributed by atoms with Crippen LogP contribution in [-0.4, -0.2) is 33.6 Å². The van der Waals surface area contributed by atoms with Crippen molar-refractivity contribution in [2.45, 2.75) is 123 Å². The zero-order valence-corrected chi connectivity index (χ0v) is 15.6. The summed E-state index contributed by atoms with van der Waals surface area (Å²) < 4.78 is 0. The molecule has 0 aromatic carbocycles. The van der Waals surface area contributed by atoms with Crippen molar-refractivity contribution in [3.63, 3.8) is 0 Å². The molecule has 3 atom stereocenters. The molecule has 0 saturated heterocycles. The molecule has 2 N–H and O–H groups in total. The molecule has 22 heavy (non-hydrogen) atoms. The molecule has 0 spiro atoms. The van der Waals surface area contributed by atoms with Gasteiger partial charge in [0.2, 0.25) is 0 Å². The predicted molar refractivity (Wildman–Crippen MR) is 95.7 cm³/mol. The van der Waals surface area contributed by atoms with E-state index in [0.29, 0.717) is 0 Å². The lowest BCUT2D eigenvalue weighted by molar-refractivity contribution is -0.107. The summed E-state index contributed by atoms with van der Waals surface area (Å²) in [5.41, 5.74) is 0. The zero-order chi connectivity index (χ0) is 16.8. The van der Waals surface area contributed by atoms with Crippen LogP contribution in [0.25, 0.3) is 0 Å². The molecule has 3 nitrogen and oxygen atoms in total. The van der Waals surface area contributed by atoms with Crippen molar-refractivity contribution >= 4 is 0 Å². The van der Waals surface area contributed by atoms with Crippen molar-refractivity contribution in [3.8, 4) is 0 Å². The van der Waals surface area contributed by atoms with Gasteiger partial charge in [-0.05, 0) is 27.2 Å². The summed E-state index contributed by atoms with van der Waals surface area (Å²) in [6, 6.07) is 0.235. The molecule has 0 saturated carbocycles. The zero-order valence-electron chi connectivity index (χ0n) is 15.6. The first kappa shape index (κ1) is 21.9. The first-order valence-corrected chi connectivity index (χ1v) is 9.64. The summed E-state index contributed by atoms with van der Waals surface area (Å²) in [4.78, 5) is 1.77. The van der Waals surface area contributed by atoms with E-state index in [4.69, 9.17) is 0 Å². The maximum atomic E-state index is 9.70. The maximum absolute atomic E-state index is 9.70. The third kappa shape index (κ3) is 11.4. The van der Waals surface area contributed by atoms with E-state index in [2.05, 4.69) is 13.8 Å². The topological polar surface area (TPSA) is 43.7 Å². The summed E-state index contributed by atoms with van der Waals surface area (Å²) >= 11 is 0. The average Bonchev–Trinajstić information content (AvgIpc) is 2.44. The lowest BCUT2D eigenvalue weighted by Crippen LogP contribution is -2.46. The maximum Gasteiger partial charge on any atom is 0.106 e. The average molecular weight is 316 g/mol. The highest BCUT2D eigenvalue weighted by Crippen LogP contribution is 2.16. The minimum atomic E-state index is -0.581. The van der Waals surface area contributed by atoms with Gasteiger partial charge in [-0.1, -0.05) is 77.6 Å². The van der Waals surface area contributed by atoms with Crippen LogP contribution in [0.2, 0.25) is 0 Å². The minimum Gasteiger partial charge on any atom is -0.379 e. The molecule has 0 aromatic heterocycles. The number of rotatable bonds is 15. The Kier molecular flexibility index (Phi) is 14.4. The molecule has 0 aliphatic carbocycles. The van der Waals surface area contributed by atoms with Crippen LogP contribution >= 0.6 is 0 Å². The van der Waals surface area contributed by atoms with E-state index in [1.165, 1.54) is 70.6 Å². The Labute approximate surface area is 139 Å². The third-order valence-electron chi connectivity index (χ3n) is 4.60. The van der Waals surface area contributed by atoms with E-state index >= 15 is 0 Å². The Morgan fingerprint density at radius 3 is 1.36 bits per heavy atom. The van der Waals surface area contributed by atoms with Gasteiger partial charge in [-0.3, -0.25) is 4.90 Å². The molecule has 3 unspecified atom stereocenters. The van der Waals surface area contributed by atoms with E-state index in [1.807, 2.05) is 0 Å². The monoisotopic (exact) mass is 315 g/mol. The van der Waals surface area contributed by atoms with Gasteiger partial charge in [-0.2, -0.15) is 0 Å². The molecule has 0 aromatic rings. The first-order chi connectivity index (χ1) is 10.5. The minimum absolute atomic E-state index is 0.235. The van der Waals surface area contributed by atoms with Gasteiger partial charge in [0.05, 0.1) is 0 Å². The van der Waals surface area contributed by atoms with Crippen LogP contribution in [0, 0.1) is 0 Å². The smallest absolute Gasteiger partial charge is 0.106 e. The quantitative estimate of drug-likeness (QED) is 0.328. The van der Waals surface area contributed by atoms with Crippen LogP contribution in [0.15, 0.2) is 0 Å². The van der Waals surface area contributed by atoms with Gasteiger partial charge in [0, 0.05) is 6.04 Å². The molecule has 0 bridgehead atoms. The van der Waals surface area contributed by atoms with Crippen molar-refractivity contribution in [2.24, 2.45) is 0 Å². The second-order valence-corrected chi connectivity index (χ2v) is 6.88. The highest BCUT2D eigenvalue weighted by molar-refractivity contribution is 4.69. The summed E-state index contributed by atoms with van der Waals surface area (Å²) in [5.74, 6) is 0. The SMILES string of the molecule is CCCCCCCCCCCCCC(C)N(C(C)O)C(C)O. The van der Waals surface area contributed by atoms with E-state index in [-0.39, 0.29) is 6.04 Å². The molecule has 3 heteroatoms. The standard InChI is InChI=1S/C19H41NO2/c1-5-6-7-8-9-10-11-12-13-14-15-16-17(2)20(18(3)21)19(4)22/h17-19,21-22H,5-16H2,1-4H3. The number of hydrogen-bond acceptors (Lipinski definition) is 3. The van der Waals surface area contributed by atoms with Crippen molar-refractivity contribution < 1.29 is 10.2 Å². The normalized spacial score (nSPS) is 16.0. The van der Waals surface area contributed by atoms with Crippen LogP contribution in [-0.2, 0) is 0 Å². The second-order valence-electron chi connectivity index (χ2n) is 6.88. The van der Waals surface area contributed by atoms with Crippen LogP contribution in [0.4, 0.5) is 0 Å². The lowest BCUT2D eigenvalue weighted by Gasteiger charge is -2.34. The molecular weight excluding hydrogens is 274 g/mol. The Hall–Kier alpha value is -0.120. The number of aliphatic hydroxyl groups is 2. The first-order valence-electron chi connectivity index (χ1n) is 9.64. The van der Waals surface area contributed by atoms with Gasteiger partial charge in [0.1, 0.15) is 12.5 Å². The Morgan fingerprint density at radius 1 is 0.636 bits per heavy atom. The van der Waals surface area contributed by atoms with E-state index in [9.17, 15) is 10.2 Å². The van der Waals surface area contributed by atoms with E-state index in [0.717, 1.165) is 6.42 Å². The fourth-order valence-electron chi connectivity index (χ4n) is 3.30. The Balaban J connectivity index is 3.45. The van der Waals surface area contributed by atoms with Gasteiger partial charge in [-0.25, -0.2) is 0 Å². The van der Waals surface area contributed by atoms with Gasteiger partial charge in [0.15, 0.2) is 0 Å². The molecule has 0 aliphatic heterocycles. The predicted octanol–water partition coefficient (Wildman–Crippen LogP) is 5.05. The summed E-state index contributed by atoms with van der Waals surface area (Å²) in [6.07, 6.45) is 14.8. The number of aliphatic hydroxyl groups excluding tert-OH is 2. The van der Waals surface area contributed by atoms with Crippen LogP contribution in [0.1, 0.15) is 105 Å². The highest BCUT2D eigenvalue weighted by Gasteiger charge is 2.21. The summed E-state index contributed by atoms with van der Waals surface area (Å²) in [7, 11) is 0. The highest BCUT2D eigenvalue weighted by atomic mass is 16.3. The van der Waals surface area contributed by atoms with Crippen molar-refractivity contribution in [2.75, 3.05) is 0 Å². The number of hydrogen-bond donors (Lipinski definition) is 2. The largest absolute Gasteiger partial charge is 0.379 e. The van der Waals surface area contributed by atoms with Crippen LogP contribution < -0.4 is 0 Å². The van der Waals surface area contributed by atoms with Gasteiger partial charge in [-0.15, -0.1) is 0 Å². The Bertz CT molecular complexity index is 223. The summed E-state index contributed by atoms with van der Waals surface area (Å²) in [6.45, 7) is 7.81. The molecule has 0 aliphatic rings. The van der Waals surface area contributed by atoms with Crippen molar-refractivity contribution in [1.29, 1.82) is 0 Å². The van der Waals surface area contributed by atoms with E-state index in [1.54, 1.807) is 18.7 Å². The third-order valence-corrected chi connectivity index (χ3v) is 4.60. The van der Waals surface area contributed by atoms with Gasteiger partial charge in [0.25, 0.3) is 0 Å². The molecule has 0 radical (unpaired) electrons. The van der Waals surface area contributed by atoms with E-state index < -0.39 is 12.5 Å². The molecular formula is C19H41NO2. The number of unbranched alkanes of at least 4 members (excludes halogenated alkanes) is 10. The van der Waals surface area contributed by atoms with Crippen molar-refractivity contribution in [3.05, 3.63) is 0 Å². The molecule has 0 fully saturated rings.